The number of hydrogen-bond donors (Lipinski definition) is 0. The van der Waals surface area contributed by atoms with Crippen molar-refractivity contribution < 1.29 is 14.1 Å². The summed E-state index contributed by atoms with van der Waals surface area (Å²) in [5.74, 6) is 2.50. The van der Waals surface area contributed by atoms with Crippen LogP contribution >= 0.6 is 0 Å². The Balaban J connectivity index is 1.33. The summed E-state index contributed by atoms with van der Waals surface area (Å²) < 4.78 is 14.3. The van der Waals surface area contributed by atoms with E-state index >= 15 is 0 Å². The Morgan fingerprint density at radius 2 is 2.03 bits per heavy atom. The Bertz CT molecular complexity index is 1540. The smallest absolute Gasteiger partial charge is 0.219 e. The van der Waals surface area contributed by atoms with Crippen LogP contribution in [0.2, 0.25) is 0 Å². The second-order valence-electron chi connectivity index (χ2n) is 11.3. The molecule has 0 N–H and O–H groups in total. The van der Waals surface area contributed by atoms with E-state index < -0.39 is 5.41 Å². The highest BCUT2D eigenvalue weighted by Gasteiger charge is 2.48. The average Bonchev–Trinajstić information content (AvgIpc) is 3.69. The molecule has 202 valence electrons. The van der Waals surface area contributed by atoms with E-state index in [1.54, 1.807) is 12.5 Å². The molecule has 7 rings (SSSR count). The Morgan fingerprint density at radius 1 is 1.13 bits per heavy atom. The number of Topliss-reactive ketones (excluding diaryl/α,β-unsaturated/α-hetero) is 1. The van der Waals surface area contributed by atoms with Crippen LogP contribution in [0.5, 0.6) is 5.88 Å². The second-order valence-corrected chi connectivity index (χ2v) is 11.3. The minimum absolute atomic E-state index is 0.0555. The zero-order chi connectivity index (χ0) is 26.6. The van der Waals surface area contributed by atoms with Crippen molar-refractivity contribution >= 4 is 16.9 Å². The van der Waals surface area contributed by atoms with Crippen LogP contribution in [0.4, 0.5) is 0 Å². The lowest BCUT2D eigenvalue weighted by molar-refractivity contribution is -0.128. The Kier molecular flexibility index (Phi) is 5.95. The van der Waals surface area contributed by atoms with Crippen LogP contribution in [0.3, 0.4) is 0 Å². The lowest BCUT2D eigenvalue weighted by Gasteiger charge is -2.36. The summed E-state index contributed by atoms with van der Waals surface area (Å²) in [4.78, 5) is 34.3. The summed E-state index contributed by atoms with van der Waals surface area (Å²) in [7, 11) is 2.14. The van der Waals surface area contributed by atoms with Gasteiger partial charge >= 0.3 is 0 Å². The molecule has 0 unspecified atom stereocenters. The number of hydrogen-bond acceptors (Lipinski definition) is 9. The maximum absolute atomic E-state index is 13.2. The van der Waals surface area contributed by atoms with Crippen LogP contribution in [-0.2, 0) is 16.6 Å². The van der Waals surface area contributed by atoms with E-state index in [4.69, 9.17) is 19.2 Å². The summed E-state index contributed by atoms with van der Waals surface area (Å²) in [6.45, 7) is 3.16. The van der Waals surface area contributed by atoms with Gasteiger partial charge in [-0.1, -0.05) is 11.6 Å². The third-order valence-corrected chi connectivity index (χ3v) is 8.92. The van der Waals surface area contributed by atoms with Gasteiger partial charge in [-0.3, -0.25) is 14.3 Å². The molecule has 2 fully saturated rings. The third-order valence-electron chi connectivity index (χ3n) is 8.92. The molecule has 1 saturated heterocycles. The molecule has 0 radical (unpaired) electrons. The van der Waals surface area contributed by atoms with Crippen molar-refractivity contribution in [1.82, 2.24) is 34.6 Å². The number of carbonyl (C=O) groups is 1. The van der Waals surface area contributed by atoms with Crippen molar-refractivity contribution in [3.8, 4) is 23.2 Å². The van der Waals surface area contributed by atoms with Gasteiger partial charge in [0.25, 0.3) is 0 Å². The normalized spacial score (nSPS) is 24.4. The number of imidazole rings is 1. The largest absolute Gasteiger partial charge is 0.473 e. The van der Waals surface area contributed by atoms with Crippen LogP contribution < -0.4 is 4.74 Å². The van der Waals surface area contributed by atoms with Gasteiger partial charge in [0.1, 0.15) is 29.5 Å². The van der Waals surface area contributed by atoms with Crippen LogP contribution in [0.25, 0.3) is 28.5 Å². The van der Waals surface area contributed by atoms with Gasteiger partial charge in [0.15, 0.2) is 22.9 Å². The zero-order valence-corrected chi connectivity index (χ0v) is 22.5. The van der Waals surface area contributed by atoms with Gasteiger partial charge in [-0.2, -0.15) is 4.98 Å². The number of aromatic nitrogens is 6. The first-order chi connectivity index (χ1) is 19.0. The minimum Gasteiger partial charge on any atom is -0.473 e. The van der Waals surface area contributed by atoms with Crippen molar-refractivity contribution in [2.24, 2.45) is 0 Å². The van der Waals surface area contributed by atoms with Gasteiger partial charge in [0.2, 0.25) is 5.88 Å². The molecule has 0 bridgehead atoms. The third kappa shape index (κ3) is 4.04. The summed E-state index contributed by atoms with van der Waals surface area (Å²) >= 11 is 0. The van der Waals surface area contributed by atoms with E-state index in [1.165, 1.54) is 0 Å². The van der Waals surface area contributed by atoms with Crippen molar-refractivity contribution in [2.45, 2.75) is 82.3 Å². The number of carbonyl (C=O) groups excluding carboxylic acids is 1. The molecule has 39 heavy (non-hydrogen) atoms. The molecule has 10 nitrogen and oxygen atoms in total. The number of ketones is 1. The van der Waals surface area contributed by atoms with Crippen LogP contribution in [0.15, 0.2) is 35.2 Å². The first-order valence-electron chi connectivity index (χ1n) is 14.1. The quantitative estimate of drug-likeness (QED) is 0.372. The molecular weight excluding hydrogens is 494 g/mol. The molecule has 3 aliphatic rings. The highest BCUT2D eigenvalue weighted by Crippen LogP contribution is 2.47. The summed E-state index contributed by atoms with van der Waals surface area (Å²) in [6.07, 6.45) is 11.6. The Morgan fingerprint density at radius 3 is 2.87 bits per heavy atom. The first kappa shape index (κ1) is 24.4. The fourth-order valence-electron chi connectivity index (χ4n) is 6.89. The molecule has 3 atom stereocenters. The summed E-state index contributed by atoms with van der Waals surface area (Å²) in [6, 6.07) is 5.94. The summed E-state index contributed by atoms with van der Waals surface area (Å²) in [5, 5.41) is 4.49. The van der Waals surface area contributed by atoms with Crippen LogP contribution in [0.1, 0.15) is 69.6 Å². The van der Waals surface area contributed by atoms with Crippen molar-refractivity contribution in [1.29, 1.82) is 0 Å². The fourth-order valence-corrected chi connectivity index (χ4v) is 6.89. The SMILES string of the molecule is C[C@H](Oc1cc(-n2cnc3cccnc32)nc(-c2noc3c2CCC[C@@]32CCCCC2=O)n1)[C@@H]1CCCN1C. The monoisotopic (exact) mass is 527 g/mol. The zero-order valence-electron chi connectivity index (χ0n) is 22.5. The number of fused-ring (bicyclic) bond motifs is 3. The molecule has 0 amide bonds. The van der Waals surface area contributed by atoms with Gasteiger partial charge < -0.3 is 9.26 Å². The van der Waals surface area contributed by atoms with Crippen molar-refractivity contribution in [3.63, 3.8) is 0 Å². The van der Waals surface area contributed by atoms with E-state index in [1.807, 2.05) is 22.8 Å². The van der Waals surface area contributed by atoms with Crippen molar-refractivity contribution in [2.75, 3.05) is 13.6 Å². The number of pyridine rings is 1. The average molecular weight is 528 g/mol. The molecule has 5 heterocycles. The molecular formula is C29H33N7O3. The predicted molar refractivity (Wildman–Crippen MR) is 144 cm³/mol. The molecule has 2 aliphatic carbocycles. The number of likely N-dealkylation sites (tertiary alicyclic amines) is 1. The lowest BCUT2D eigenvalue weighted by Crippen LogP contribution is -2.41. The van der Waals surface area contributed by atoms with Gasteiger partial charge in [0.05, 0.1) is 5.41 Å². The number of nitrogens with zero attached hydrogens (tertiary/aromatic N) is 7. The lowest BCUT2D eigenvalue weighted by atomic mass is 9.64. The van der Waals surface area contributed by atoms with Crippen LogP contribution in [0, 0.1) is 0 Å². The maximum atomic E-state index is 13.2. The molecule has 10 heteroatoms. The van der Waals surface area contributed by atoms with Gasteiger partial charge in [-0.25, -0.2) is 15.0 Å². The van der Waals surface area contributed by atoms with E-state index in [-0.39, 0.29) is 11.9 Å². The topological polar surface area (TPSA) is 112 Å². The second kappa shape index (κ2) is 9.51. The first-order valence-corrected chi connectivity index (χ1v) is 14.1. The van der Waals surface area contributed by atoms with Crippen LogP contribution in [-0.4, -0.2) is 66.1 Å². The fraction of sp³-hybridized carbons (Fsp3) is 0.517. The molecule has 1 spiro atoms. The van der Waals surface area contributed by atoms with E-state index in [0.29, 0.717) is 41.3 Å². The van der Waals surface area contributed by atoms with E-state index in [0.717, 1.165) is 74.8 Å². The molecule has 4 aromatic heterocycles. The van der Waals surface area contributed by atoms with Gasteiger partial charge in [0, 0.05) is 30.3 Å². The van der Waals surface area contributed by atoms with Crippen molar-refractivity contribution in [3.05, 3.63) is 42.0 Å². The number of likely N-dealkylation sites (N-methyl/N-ethyl adjacent to an activating group) is 1. The number of rotatable bonds is 5. The number of ether oxygens (including phenoxy) is 1. The maximum Gasteiger partial charge on any atom is 0.219 e. The Labute approximate surface area is 226 Å². The molecule has 1 saturated carbocycles. The van der Waals surface area contributed by atoms with E-state index in [2.05, 4.69) is 34.0 Å². The highest BCUT2D eigenvalue weighted by atomic mass is 16.5. The minimum atomic E-state index is -0.555. The summed E-state index contributed by atoms with van der Waals surface area (Å²) in [5.41, 5.74) is 2.47. The predicted octanol–water partition coefficient (Wildman–Crippen LogP) is 4.44. The molecule has 1 aliphatic heterocycles. The standard InChI is InChI=1S/C29H33N7O3/c1-18(21-10-7-15-35(21)2)38-24-16-23(36-17-31-20-9-6-14-30-28(20)36)32-27(33-24)25-19-8-5-13-29(26(19)39-34-25)12-4-3-11-22(29)37/h6,9,14,16-18,21H,3-5,7-8,10-13,15H2,1-2H3/t18-,21-,29+/m0/s1. The van der Waals surface area contributed by atoms with Gasteiger partial charge in [-0.05, 0) is 77.6 Å². The Hall–Kier alpha value is -3.66. The molecule has 0 aromatic carbocycles. The molecule has 4 aromatic rings. The van der Waals surface area contributed by atoms with E-state index in [9.17, 15) is 4.79 Å². The van der Waals surface area contributed by atoms with Gasteiger partial charge in [-0.15, -0.1) is 0 Å². The highest BCUT2D eigenvalue weighted by molar-refractivity contribution is 5.91.